The van der Waals surface area contributed by atoms with Crippen molar-refractivity contribution in [2.24, 2.45) is 0 Å². The van der Waals surface area contributed by atoms with E-state index in [9.17, 15) is 4.79 Å². The topological polar surface area (TPSA) is 59.6 Å². The van der Waals surface area contributed by atoms with E-state index in [2.05, 4.69) is 10.6 Å². The highest BCUT2D eigenvalue weighted by Gasteiger charge is 2.15. The van der Waals surface area contributed by atoms with Gasteiger partial charge in [-0.05, 0) is 25.2 Å². The second-order valence-electron chi connectivity index (χ2n) is 3.43. The number of fused-ring (bicyclic) bond motifs is 1. The van der Waals surface area contributed by atoms with Crippen molar-refractivity contribution in [2.75, 3.05) is 26.9 Å². The fourth-order valence-corrected chi connectivity index (χ4v) is 1.44. The molecule has 94 valence electrons. The van der Waals surface area contributed by atoms with Gasteiger partial charge in [0.15, 0.2) is 11.5 Å². The number of likely N-dealkylation sites (N-methyl/N-ethyl adjacent to an activating group) is 1. The first-order valence-corrected chi connectivity index (χ1v) is 5.13. The molecule has 0 saturated heterocycles. The zero-order valence-corrected chi connectivity index (χ0v) is 10.3. The lowest BCUT2D eigenvalue weighted by Gasteiger charge is -2.05. The van der Waals surface area contributed by atoms with Gasteiger partial charge in [0.1, 0.15) is 0 Å². The third-order valence-electron chi connectivity index (χ3n) is 2.30. The summed E-state index contributed by atoms with van der Waals surface area (Å²) in [7, 11) is 1.84. The fourth-order valence-electron chi connectivity index (χ4n) is 1.44. The molecule has 1 aromatic carbocycles. The second-order valence-corrected chi connectivity index (χ2v) is 3.43. The lowest BCUT2D eigenvalue weighted by molar-refractivity contribution is 0.0953. The van der Waals surface area contributed by atoms with Crippen molar-refractivity contribution < 1.29 is 14.3 Å². The molecule has 1 aliphatic heterocycles. The molecule has 0 bridgehead atoms. The highest BCUT2D eigenvalue weighted by atomic mass is 35.5. The van der Waals surface area contributed by atoms with Crippen LogP contribution < -0.4 is 20.1 Å². The van der Waals surface area contributed by atoms with E-state index in [-0.39, 0.29) is 25.1 Å². The lowest BCUT2D eigenvalue weighted by atomic mass is 10.2. The smallest absolute Gasteiger partial charge is 0.251 e. The minimum absolute atomic E-state index is 0. The van der Waals surface area contributed by atoms with Crippen LogP contribution in [0.5, 0.6) is 11.5 Å². The molecule has 1 aromatic rings. The first kappa shape index (κ1) is 13.6. The van der Waals surface area contributed by atoms with Crippen molar-refractivity contribution in [1.82, 2.24) is 10.6 Å². The number of carbonyl (C=O) groups is 1. The average Bonchev–Trinajstić information content (AvgIpc) is 2.76. The van der Waals surface area contributed by atoms with Gasteiger partial charge in [0.05, 0.1) is 0 Å². The number of halogens is 1. The Kier molecular flexibility index (Phi) is 5.06. The summed E-state index contributed by atoms with van der Waals surface area (Å²) >= 11 is 0. The van der Waals surface area contributed by atoms with Gasteiger partial charge in [-0.2, -0.15) is 0 Å². The second kappa shape index (κ2) is 6.32. The van der Waals surface area contributed by atoms with Crippen LogP contribution in [-0.2, 0) is 0 Å². The van der Waals surface area contributed by atoms with Gasteiger partial charge < -0.3 is 20.1 Å². The maximum atomic E-state index is 11.7. The monoisotopic (exact) mass is 258 g/mol. The molecule has 0 aliphatic carbocycles. The molecule has 0 aromatic heterocycles. The predicted molar refractivity (Wildman–Crippen MR) is 66.1 cm³/mol. The third-order valence-corrected chi connectivity index (χ3v) is 2.30. The quantitative estimate of drug-likeness (QED) is 0.784. The van der Waals surface area contributed by atoms with Crippen LogP contribution >= 0.6 is 12.4 Å². The first-order valence-electron chi connectivity index (χ1n) is 5.13. The van der Waals surface area contributed by atoms with Gasteiger partial charge in [-0.3, -0.25) is 4.79 Å². The number of hydrogen-bond acceptors (Lipinski definition) is 4. The Hall–Kier alpha value is -1.46. The number of carbonyl (C=O) groups excluding carboxylic acids is 1. The standard InChI is InChI=1S/C11H14N2O3.ClH/c1-12-4-5-13-11(14)8-2-3-9-10(6-8)16-7-15-9;/h2-3,6,12H,4-5,7H2,1H3,(H,13,14);1H. The Balaban J connectivity index is 0.00000144. The molecule has 5 nitrogen and oxygen atoms in total. The van der Waals surface area contributed by atoms with E-state index in [4.69, 9.17) is 9.47 Å². The Morgan fingerprint density at radius 3 is 2.82 bits per heavy atom. The molecule has 0 saturated carbocycles. The summed E-state index contributed by atoms with van der Waals surface area (Å²) in [6.45, 7) is 1.57. The van der Waals surface area contributed by atoms with Gasteiger partial charge in [-0.15, -0.1) is 12.4 Å². The molecular weight excluding hydrogens is 244 g/mol. The SMILES string of the molecule is CNCCNC(=O)c1ccc2c(c1)OCO2.Cl. The van der Waals surface area contributed by atoms with Crippen LogP contribution in [0.15, 0.2) is 18.2 Å². The van der Waals surface area contributed by atoms with Crippen LogP contribution in [0, 0.1) is 0 Å². The molecule has 1 amide bonds. The molecule has 1 heterocycles. The number of hydrogen-bond donors (Lipinski definition) is 2. The van der Waals surface area contributed by atoms with Gasteiger partial charge in [0.25, 0.3) is 5.91 Å². The molecule has 0 atom stereocenters. The summed E-state index contributed by atoms with van der Waals surface area (Å²) in [5, 5.41) is 5.75. The van der Waals surface area contributed by atoms with E-state index in [1.807, 2.05) is 7.05 Å². The molecule has 1 aliphatic rings. The lowest BCUT2D eigenvalue weighted by Crippen LogP contribution is -2.30. The molecule has 6 heteroatoms. The number of rotatable bonds is 4. The molecule has 0 unspecified atom stereocenters. The predicted octanol–water partition coefficient (Wildman–Crippen LogP) is 0.786. The largest absolute Gasteiger partial charge is 0.454 e. The Morgan fingerprint density at radius 2 is 2.06 bits per heavy atom. The van der Waals surface area contributed by atoms with E-state index in [0.29, 0.717) is 23.6 Å². The van der Waals surface area contributed by atoms with Crippen molar-refractivity contribution in [3.05, 3.63) is 23.8 Å². The summed E-state index contributed by atoms with van der Waals surface area (Å²) in [6, 6.07) is 5.16. The van der Waals surface area contributed by atoms with E-state index in [0.717, 1.165) is 6.54 Å². The minimum atomic E-state index is -0.103. The van der Waals surface area contributed by atoms with E-state index in [1.54, 1.807) is 18.2 Å². The molecular formula is C11H15ClN2O3. The molecule has 2 rings (SSSR count). The maximum absolute atomic E-state index is 11.7. The molecule has 17 heavy (non-hydrogen) atoms. The number of amides is 1. The summed E-state index contributed by atoms with van der Waals surface area (Å²) < 4.78 is 10.4. The summed E-state index contributed by atoms with van der Waals surface area (Å²) in [6.07, 6.45) is 0. The Bertz CT molecular complexity index is 398. The van der Waals surface area contributed by atoms with E-state index >= 15 is 0 Å². The van der Waals surface area contributed by atoms with Crippen LogP contribution in [0.1, 0.15) is 10.4 Å². The van der Waals surface area contributed by atoms with Crippen LogP contribution in [0.4, 0.5) is 0 Å². The van der Waals surface area contributed by atoms with Crippen LogP contribution in [-0.4, -0.2) is 32.8 Å². The summed E-state index contributed by atoms with van der Waals surface area (Å²) in [4.78, 5) is 11.7. The maximum Gasteiger partial charge on any atom is 0.251 e. The van der Waals surface area contributed by atoms with Crippen molar-refractivity contribution in [3.8, 4) is 11.5 Å². The minimum Gasteiger partial charge on any atom is -0.454 e. The van der Waals surface area contributed by atoms with Crippen LogP contribution in [0.2, 0.25) is 0 Å². The van der Waals surface area contributed by atoms with E-state index < -0.39 is 0 Å². The summed E-state index contributed by atoms with van der Waals surface area (Å²) in [5.74, 6) is 1.21. The number of ether oxygens (including phenoxy) is 2. The van der Waals surface area contributed by atoms with Gasteiger partial charge in [0, 0.05) is 18.7 Å². The fraction of sp³-hybridized carbons (Fsp3) is 0.364. The van der Waals surface area contributed by atoms with Gasteiger partial charge in [-0.25, -0.2) is 0 Å². The number of benzene rings is 1. The van der Waals surface area contributed by atoms with Crippen molar-refractivity contribution in [3.63, 3.8) is 0 Å². The molecule has 0 spiro atoms. The van der Waals surface area contributed by atoms with E-state index in [1.165, 1.54) is 0 Å². The van der Waals surface area contributed by atoms with Gasteiger partial charge >= 0.3 is 0 Å². The van der Waals surface area contributed by atoms with Crippen molar-refractivity contribution in [1.29, 1.82) is 0 Å². The highest BCUT2D eigenvalue weighted by molar-refractivity contribution is 5.94. The van der Waals surface area contributed by atoms with Crippen LogP contribution in [0.25, 0.3) is 0 Å². The summed E-state index contributed by atoms with van der Waals surface area (Å²) in [5.41, 5.74) is 0.584. The zero-order chi connectivity index (χ0) is 11.4. The number of nitrogens with one attached hydrogen (secondary N) is 2. The highest BCUT2D eigenvalue weighted by Crippen LogP contribution is 2.32. The molecule has 2 N–H and O–H groups in total. The van der Waals surface area contributed by atoms with Crippen LogP contribution in [0.3, 0.4) is 0 Å². The zero-order valence-electron chi connectivity index (χ0n) is 9.49. The van der Waals surface area contributed by atoms with Crippen molar-refractivity contribution in [2.45, 2.75) is 0 Å². The Morgan fingerprint density at radius 1 is 1.29 bits per heavy atom. The Labute approximate surface area is 106 Å². The molecule has 0 radical (unpaired) electrons. The third kappa shape index (κ3) is 3.25. The van der Waals surface area contributed by atoms with Gasteiger partial charge in [-0.1, -0.05) is 0 Å². The van der Waals surface area contributed by atoms with Crippen molar-refractivity contribution >= 4 is 18.3 Å². The normalized spacial score (nSPS) is 11.8. The average molecular weight is 259 g/mol. The van der Waals surface area contributed by atoms with Gasteiger partial charge in [0.2, 0.25) is 6.79 Å². The first-order chi connectivity index (χ1) is 7.81. The molecule has 0 fully saturated rings.